The second-order valence-electron chi connectivity index (χ2n) is 6.43. The van der Waals surface area contributed by atoms with E-state index in [9.17, 15) is 18.5 Å². The molecule has 0 aliphatic heterocycles. The van der Waals surface area contributed by atoms with Crippen LogP contribution in [0, 0.1) is 18.3 Å². The van der Waals surface area contributed by atoms with Gasteiger partial charge in [-0.1, -0.05) is 35.9 Å². The van der Waals surface area contributed by atoms with Crippen LogP contribution in [-0.2, 0) is 21.4 Å². The maximum Gasteiger partial charge on any atom is 0.266 e. The molecule has 1 amide bonds. The molecule has 7 nitrogen and oxygen atoms in total. The summed E-state index contributed by atoms with van der Waals surface area (Å²) in [6.45, 7) is 1.86. The topological polar surface area (TPSA) is 112 Å². The van der Waals surface area contributed by atoms with E-state index < -0.39 is 15.9 Å². The molecule has 30 heavy (non-hydrogen) atoms. The van der Waals surface area contributed by atoms with Gasteiger partial charge in [-0.3, -0.25) is 4.79 Å². The van der Waals surface area contributed by atoms with Gasteiger partial charge in [0.05, 0.1) is 11.4 Å². The summed E-state index contributed by atoms with van der Waals surface area (Å²) in [4.78, 5) is 12.5. The predicted octanol–water partition coefficient (Wildman–Crippen LogP) is 3.61. The van der Waals surface area contributed by atoms with Crippen molar-refractivity contribution in [3.05, 3.63) is 89.4 Å². The van der Waals surface area contributed by atoms with E-state index in [4.69, 9.17) is 4.42 Å². The highest BCUT2D eigenvalue weighted by Crippen LogP contribution is 2.15. The number of anilines is 1. The highest BCUT2D eigenvalue weighted by Gasteiger charge is 2.15. The second-order valence-corrected chi connectivity index (χ2v) is 8.20. The molecule has 152 valence electrons. The van der Waals surface area contributed by atoms with Crippen molar-refractivity contribution in [2.24, 2.45) is 0 Å². The molecule has 0 saturated heterocycles. The Labute approximate surface area is 174 Å². The Hall–Kier alpha value is -3.67. The van der Waals surface area contributed by atoms with Crippen LogP contribution < -0.4 is 10.0 Å². The van der Waals surface area contributed by atoms with Crippen molar-refractivity contribution in [3.63, 3.8) is 0 Å². The van der Waals surface area contributed by atoms with Crippen molar-refractivity contribution in [2.75, 3.05) is 5.32 Å². The number of sulfonamides is 1. The van der Waals surface area contributed by atoms with Crippen LogP contribution >= 0.6 is 0 Å². The molecule has 2 N–H and O–H groups in total. The van der Waals surface area contributed by atoms with Gasteiger partial charge in [0.1, 0.15) is 23.2 Å². The number of furan rings is 1. The van der Waals surface area contributed by atoms with Gasteiger partial charge in [-0.2, -0.15) is 5.26 Å². The van der Waals surface area contributed by atoms with Crippen molar-refractivity contribution >= 4 is 27.7 Å². The Morgan fingerprint density at radius 3 is 2.43 bits per heavy atom. The minimum Gasteiger partial charge on any atom is -0.460 e. The summed E-state index contributed by atoms with van der Waals surface area (Å²) in [5.74, 6) is 0.0422. The molecule has 0 saturated carbocycles. The number of amides is 1. The van der Waals surface area contributed by atoms with Gasteiger partial charge in [0.15, 0.2) is 0 Å². The Balaban J connectivity index is 1.66. The fourth-order valence-electron chi connectivity index (χ4n) is 2.54. The lowest BCUT2D eigenvalue weighted by Gasteiger charge is -2.05. The molecular formula is C22H19N3O4S. The second kappa shape index (κ2) is 9.22. The van der Waals surface area contributed by atoms with Crippen LogP contribution in [0.5, 0.6) is 0 Å². The quantitative estimate of drug-likeness (QED) is 0.447. The molecule has 0 fully saturated rings. The molecule has 0 atom stereocenters. The lowest BCUT2D eigenvalue weighted by molar-refractivity contribution is -0.112. The third-order valence-electron chi connectivity index (χ3n) is 4.13. The van der Waals surface area contributed by atoms with Crippen LogP contribution in [0.1, 0.15) is 17.1 Å². The molecule has 3 rings (SSSR count). The molecule has 3 aromatic rings. The molecular weight excluding hydrogens is 402 g/mol. The van der Waals surface area contributed by atoms with Gasteiger partial charge in [0.2, 0.25) is 10.0 Å². The Morgan fingerprint density at radius 1 is 1.07 bits per heavy atom. The summed E-state index contributed by atoms with van der Waals surface area (Å²) >= 11 is 0. The summed E-state index contributed by atoms with van der Waals surface area (Å²) in [6, 6.07) is 20.1. The van der Waals surface area contributed by atoms with Crippen LogP contribution in [0.3, 0.4) is 0 Å². The first-order valence-corrected chi connectivity index (χ1v) is 10.5. The van der Waals surface area contributed by atoms with E-state index in [2.05, 4.69) is 10.0 Å². The number of nitriles is 1. The highest BCUT2D eigenvalue weighted by molar-refractivity contribution is 7.89. The van der Waals surface area contributed by atoms with Crippen molar-refractivity contribution in [2.45, 2.75) is 18.4 Å². The zero-order valence-corrected chi connectivity index (χ0v) is 16.9. The minimum absolute atomic E-state index is 0.0669. The molecule has 1 heterocycles. The van der Waals surface area contributed by atoms with Crippen LogP contribution in [0.15, 0.2) is 81.6 Å². The number of carbonyl (C=O) groups excluding carboxylic acids is 1. The third-order valence-corrected chi connectivity index (χ3v) is 5.55. The number of rotatable bonds is 7. The first-order valence-electron chi connectivity index (χ1n) is 9.00. The van der Waals surface area contributed by atoms with Crippen LogP contribution in [0.2, 0.25) is 0 Å². The summed E-state index contributed by atoms with van der Waals surface area (Å²) in [6.07, 6.45) is 1.30. The van der Waals surface area contributed by atoms with Crippen LogP contribution in [0.4, 0.5) is 5.69 Å². The molecule has 0 spiro atoms. The summed E-state index contributed by atoms with van der Waals surface area (Å²) in [5.41, 5.74) is 1.48. The first-order chi connectivity index (χ1) is 14.4. The summed E-state index contributed by atoms with van der Waals surface area (Å²) in [7, 11) is -3.67. The molecule has 0 aliphatic rings. The van der Waals surface area contributed by atoms with Crippen molar-refractivity contribution < 1.29 is 17.6 Å². The van der Waals surface area contributed by atoms with Crippen molar-refractivity contribution in [3.8, 4) is 6.07 Å². The predicted molar refractivity (Wildman–Crippen MR) is 113 cm³/mol. The van der Waals surface area contributed by atoms with Gasteiger partial charge < -0.3 is 9.73 Å². The van der Waals surface area contributed by atoms with E-state index in [1.807, 2.05) is 25.1 Å². The van der Waals surface area contributed by atoms with Crippen molar-refractivity contribution in [1.29, 1.82) is 5.26 Å². The van der Waals surface area contributed by atoms with E-state index >= 15 is 0 Å². The van der Waals surface area contributed by atoms with Gasteiger partial charge in [0, 0.05) is 11.8 Å². The Kier molecular flexibility index (Phi) is 6.47. The fraction of sp³-hybridized carbons (Fsp3) is 0.0909. The van der Waals surface area contributed by atoms with Gasteiger partial charge in [-0.15, -0.1) is 0 Å². The SMILES string of the molecule is Cc1ccc(NC(=O)/C(C#N)=C\c2ccc(CNS(=O)(=O)c3ccccc3)o2)cc1. The van der Waals surface area contributed by atoms with E-state index in [1.165, 1.54) is 18.2 Å². The summed E-state index contributed by atoms with van der Waals surface area (Å²) < 4.78 is 32.5. The summed E-state index contributed by atoms with van der Waals surface area (Å²) in [5, 5.41) is 12.0. The van der Waals surface area contributed by atoms with Crippen molar-refractivity contribution in [1.82, 2.24) is 4.72 Å². The largest absolute Gasteiger partial charge is 0.460 e. The van der Waals surface area contributed by atoms with E-state index in [0.717, 1.165) is 5.56 Å². The highest BCUT2D eigenvalue weighted by atomic mass is 32.2. The van der Waals surface area contributed by atoms with Gasteiger partial charge in [0.25, 0.3) is 5.91 Å². The zero-order valence-electron chi connectivity index (χ0n) is 16.1. The molecule has 1 aromatic heterocycles. The first kappa shape index (κ1) is 21.0. The zero-order chi connectivity index (χ0) is 21.6. The third kappa shape index (κ3) is 5.44. The van der Waals surface area contributed by atoms with Gasteiger partial charge >= 0.3 is 0 Å². The molecule has 8 heteroatoms. The van der Waals surface area contributed by atoms with E-state index in [1.54, 1.807) is 42.5 Å². The lowest BCUT2D eigenvalue weighted by atomic mass is 10.2. The smallest absolute Gasteiger partial charge is 0.266 e. The van der Waals surface area contributed by atoms with E-state index in [0.29, 0.717) is 11.4 Å². The Bertz CT molecular complexity index is 1210. The number of nitrogens with zero attached hydrogens (tertiary/aromatic N) is 1. The fourth-order valence-corrected chi connectivity index (χ4v) is 3.56. The van der Waals surface area contributed by atoms with Crippen LogP contribution in [0.25, 0.3) is 6.08 Å². The molecule has 0 bridgehead atoms. The maximum absolute atomic E-state index is 12.3. The number of hydrogen-bond acceptors (Lipinski definition) is 5. The van der Waals surface area contributed by atoms with Gasteiger partial charge in [-0.05, 0) is 43.3 Å². The number of hydrogen-bond donors (Lipinski definition) is 2. The number of carbonyl (C=O) groups is 1. The normalized spacial score (nSPS) is 11.7. The molecule has 0 unspecified atom stereocenters. The number of benzene rings is 2. The average molecular weight is 421 g/mol. The lowest BCUT2D eigenvalue weighted by Crippen LogP contribution is -2.22. The monoisotopic (exact) mass is 421 g/mol. The minimum atomic E-state index is -3.67. The van der Waals surface area contributed by atoms with E-state index in [-0.39, 0.29) is 22.8 Å². The standard InChI is InChI=1S/C22H19N3O4S/c1-16-7-9-18(10-8-16)25-22(26)17(14-23)13-19-11-12-20(29-19)15-24-30(27,28)21-5-3-2-4-6-21/h2-13,24H,15H2,1H3,(H,25,26)/b17-13-. The number of aryl methyl sites for hydroxylation is 1. The van der Waals surface area contributed by atoms with Gasteiger partial charge in [-0.25, -0.2) is 13.1 Å². The average Bonchev–Trinajstić information content (AvgIpc) is 3.20. The molecule has 2 aromatic carbocycles. The number of nitrogens with one attached hydrogen (secondary N) is 2. The molecule has 0 radical (unpaired) electrons. The van der Waals surface area contributed by atoms with Crippen LogP contribution in [-0.4, -0.2) is 14.3 Å². The Morgan fingerprint density at radius 2 is 1.77 bits per heavy atom. The molecule has 0 aliphatic carbocycles. The maximum atomic E-state index is 12.3.